The molecule has 1 aliphatic rings. The highest BCUT2D eigenvalue weighted by atomic mass is 16.5. The van der Waals surface area contributed by atoms with Crippen LogP contribution in [-0.4, -0.2) is 17.6 Å². The lowest BCUT2D eigenvalue weighted by atomic mass is 9.80. The molecule has 0 radical (unpaired) electrons. The Kier molecular flexibility index (Phi) is 10.1. The van der Waals surface area contributed by atoms with Gasteiger partial charge in [0, 0.05) is 5.69 Å². The minimum atomic E-state index is -0.0612. The largest absolute Gasteiger partial charge is 0.492 e. The van der Waals surface area contributed by atoms with Gasteiger partial charge in [0.05, 0.1) is 18.7 Å². The van der Waals surface area contributed by atoms with E-state index >= 15 is 0 Å². The average molecular weight is 438 g/mol. The third-order valence-corrected chi connectivity index (χ3v) is 6.50. The van der Waals surface area contributed by atoms with Crippen LogP contribution in [0.1, 0.15) is 82.9 Å². The predicted molar refractivity (Wildman–Crippen MR) is 129 cm³/mol. The molecule has 1 aromatic carbocycles. The Hall–Kier alpha value is -2.36. The summed E-state index contributed by atoms with van der Waals surface area (Å²) in [6.45, 7) is 5.18. The van der Waals surface area contributed by atoms with Crippen LogP contribution in [0.2, 0.25) is 0 Å². The number of rotatable bonds is 12. The molecule has 0 atom stereocenters. The van der Waals surface area contributed by atoms with Crippen molar-refractivity contribution < 1.29 is 14.3 Å². The first kappa shape index (κ1) is 24.3. The number of benzene rings is 1. The van der Waals surface area contributed by atoms with Gasteiger partial charge in [-0.2, -0.15) is 0 Å². The fraction of sp³-hybridized carbons (Fsp3) is 0.571. The first-order chi connectivity index (χ1) is 15.7. The van der Waals surface area contributed by atoms with Gasteiger partial charge in [0.25, 0.3) is 0 Å². The molecule has 1 fully saturated rings. The Morgan fingerprint density at radius 3 is 2.31 bits per heavy atom. The fourth-order valence-electron chi connectivity index (χ4n) is 4.48. The number of carbonyl (C=O) groups is 1. The molecule has 0 bridgehead atoms. The lowest BCUT2D eigenvalue weighted by Crippen LogP contribution is -2.25. The summed E-state index contributed by atoms with van der Waals surface area (Å²) in [4.78, 5) is 17.0. The van der Waals surface area contributed by atoms with Gasteiger partial charge >= 0.3 is 5.97 Å². The highest BCUT2D eigenvalue weighted by molar-refractivity contribution is 5.75. The van der Waals surface area contributed by atoms with E-state index in [1.165, 1.54) is 31.2 Å². The minimum Gasteiger partial charge on any atom is -0.492 e. The first-order valence-electron chi connectivity index (χ1n) is 12.6. The molecule has 174 valence electrons. The standard InChI is InChI=1S/C28H39NO3/c1-3-5-6-20-31-27-19-16-25(29-21-27)15-10-23-11-17-26(18-12-23)32-28(30)24-13-8-22(7-4-2)9-14-24/h11-12,16-19,21-22,24H,3-10,13-15,20H2,1-2H3. The van der Waals surface area contributed by atoms with E-state index < -0.39 is 0 Å². The minimum absolute atomic E-state index is 0.0612. The molecular weight excluding hydrogens is 398 g/mol. The Morgan fingerprint density at radius 2 is 1.66 bits per heavy atom. The van der Waals surface area contributed by atoms with Crippen LogP contribution in [0.15, 0.2) is 42.6 Å². The molecule has 1 heterocycles. The Morgan fingerprint density at radius 1 is 0.906 bits per heavy atom. The normalized spacial score (nSPS) is 18.3. The number of ether oxygens (including phenoxy) is 2. The summed E-state index contributed by atoms with van der Waals surface area (Å²) in [5.74, 6) is 2.29. The number of hydrogen-bond donors (Lipinski definition) is 0. The third kappa shape index (κ3) is 7.96. The molecular formula is C28H39NO3. The highest BCUT2D eigenvalue weighted by Crippen LogP contribution is 2.32. The van der Waals surface area contributed by atoms with E-state index in [9.17, 15) is 4.79 Å². The van der Waals surface area contributed by atoms with E-state index in [4.69, 9.17) is 9.47 Å². The van der Waals surface area contributed by atoms with Crippen molar-refractivity contribution in [2.75, 3.05) is 6.61 Å². The van der Waals surface area contributed by atoms with Gasteiger partial charge in [0.2, 0.25) is 0 Å². The van der Waals surface area contributed by atoms with Crippen molar-refractivity contribution in [3.8, 4) is 11.5 Å². The van der Waals surface area contributed by atoms with Crippen molar-refractivity contribution in [2.45, 2.75) is 84.5 Å². The van der Waals surface area contributed by atoms with E-state index in [1.807, 2.05) is 42.6 Å². The predicted octanol–water partition coefficient (Wildman–Crippen LogP) is 6.95. The van der Waals surface area contributed by atoms with Crippen molar-refractivity contribution in [3.05, 3.63) is 53.9 Å². The second-order valence-corrected chi connectivity index (χ2v) is 9.11. The summed E-state index contributed by atoms with van der Waals surface area (Å²) >= 11 is 0. The maximum Gasteiger partial charge on any atom is 0.314 e. The van der Waals surface area contributed by atoms with Crippen LogP contribution in [0.5, 0.6) is 11.5 Å². The number of aryl methyl sites for hydroxylation is 2. The topological polar surface area (TPSA) is 48.4 Å². The zero-order valence-electron chi connectivity index (χ0n) is 19.9. The molecule has 0 spiro atoms. The molecule has 0 amide bonds. The van der Waals surface area contributed by atoms with E-state index in [-0.39, 0.29) is 11.9 Å². The van der Waals surface area contributed by atoms with Crippen molar-refractivity contribution in [1.29, 1.82) is 0 Å². The molecule has 0 unspecified atom stereocenters. The van der Waals surface area contributed by atoms with E-state index in [1.54, 1.807) is 0 Å². The Labute approximate surface area is 193 Å². The van der Waals surface area contributed by atoms with Crippen LogP contribution in [0.25, 0.3) is 0 Å². The van der Waals surface area contributed by atoms with Crippen molar-refractivity contribution in [3.63, 3.8) is 0 Å². The lowest BCUT2D eigenvalue weighted by Gasteiger charge is -2.26. The molecule has 0 saturated heterocycles. The second kappa shape index (κ2) is 13.2. The van der Waals surface area contributed by atoms with Gasteiger partial charge in [-0.3, -0.25) is 9.78 Å². The summed E-state index contributed by atoms with van der Waals surface area (Å²) in [7, 11) is 0. The van der Waals surface area contributed by atoms with Gasteiger partial charge in [-0.25, -0.2) is 0 Å². The van der Waals surface area contributed by atoms with Crippen LogP contribution in [0.4, 0.5) is 0 Å². The fourth-order valence-corrected chi connectivity index (χ4v) is 4.48. The smallest absolute Gasteiger partial charge is 0.314 e. The Bertz CT molecular complexity index is 792. The third-order valence-electron chi connectivity index (χ3n) is 6.50. The van der Waals surface area contributed by atoms with Crippen LogP contribution >= 0.6 is 0 Å². The summed E-state index contributed by atoms with van der Waals surface area (Å²) in [5, 5.41) is 0. The Balaban J connectivity index is 1.39. The summed E-state index contributed by atoms with van der Waals surface area (Å²) in [6, 6.07) is 12.0. The number of unbranched alkanes of at least 4 members (excludes halogenated alkanes) is 2. The first-order valence-corrected chi connectivity index (χ1v) is 12.6. The lowest BCUT2D eigenvalue weighted by molar-refractivity contribution is -0.140. The number of nitrogens with zero attached hydrogens (tertiary/aromatic N) is 1. The summed E-state index contributed by atoms with van der Waals surface area (Å²) in [6.07, 6.45) is 13.9. The van der Waals surface area contributed by atoms with Gasteiger partial charge < -0.3 is 9.47 Å². The monoisotopic (exact) mass is 437 g/mol. The number of aromatic nitrogens is 1. The molecule has 1 aromatic heterocycles. The molecule has 2 aromatic rings. The molecule has 4 heteroatoms. The molecule has 4 nitrogen and oxygen atoms in total. The average Bonchev–Trinajstić information content (AvgIpc) is 2.83. The van der Waals surface area contributed by atoms with Gasteiger partial charge in [-0.05, 0) is 80.7 Å². The molecule has 0 N–H and O–H groups in total. The quantitative estimate of drug-likeness (QED) is 0.205. The molecule has 1 aliphatic carbocycles. The maximum absolute atomic E-state index is 12.5. The van der Waals surface area contributed by atoms with Crippen molar-refractivity contribution in [2.24, 2.45) is 11.8 Å². The van der Waals surface area contributed by atoms with Gasteiger partial charge in [0.1, 0.15) is 11.5 Å². The van der Waals surface area contributed by atoms with Crippen LogP contribution in [0.3, 0.4) is 0 Å². The van der Waals surface area contributed by atoms with Crippen molar-refractivity contribution >= 4 is 5.97 Å². The van der Waals surface area contributed by atoms with Crippen molar-refractivity contribution in [1.82, 2.24) is 4.98 Å². The second-order valence-electron chi connectivity index (χ2n) is 9.11. The highest BCUT2D eigenvalue weighted by Gasteiger charge is 2.27. The van der Waals surface area contributed by atoms with Crippen LogP contribution < -0.4 is 9.47 Å². The number of pyridine rings is 1. The van der Waals surface area contributed by atoms with E-state index in [0.717, 1.165) is 68.9 Å². The number of hydrogen-bond acceptors (Lipinski definition) is 4. The molecule has 1 saturated carbocycles. The van der Waals surface area contributed by atoms with Gasteiger partial charge in [0.15, 0.2) is 0 Å². The van der Waals surface area contributed by atoms with Crippen LogP contribution in [-0.2, 0) is 17.6 Å². The van der Waals surface area contributed by atoms with Crippen LogP contribution in [0, 0.1) is 11.8 Å². The summed E-state index contributed by atoms with van der Waals surface area (Å²) < 4.78 is 11.4. The number of esters is 1. The maximum atomic E-state index is 12.5. The summed E-state index contributed by atoms with van der Waals surface area (Å²) in [5.41, 5.74) is 2.27. The van der Waals surface area contributed by atoms with E-state index in [2.05, 4.69) is 18.8 Å². The molecule has 0 aliphatic heterocycles. The molecule has 32 heavy (non-hydrogen) atoms. The zero-order chi connectivity index (χ0) is 22.6. The zero-order valence-corrected chi connectivity index (χ0v) is 19.9. The SMILES string of the molecule is CCCCCOc1ccc(CCc2ccc(OC(=O)C3CCC(CCC)CC3)cc2)nc1. The van der Waals surface area contributed by atoms with Gasteiger partial charge in [-0.1, -0.05) is 51.7 Å². The number of carbonyl (C=O) groups excluding carboxylic acids is 1. The molecule has 3 rings (SSSR count). The van der Waals surface area contributed by atoms with Gasteiger partial charge in [-0.15, -0.1) is 0 Å². The van der Waals surface area contributed by atoms with E-state index in [0.29, 0.717) is 5.75 Å².